The molecule has 2 amide bonds. The van der Waals surface area contributed by atoms with Crippen LogP contribution < -0.4 is 16.6 Å². The molecule has 5 N–H and O–H groups in total. The Morgan fingerprint density at radius 3 is 2.14 bits per heavy atom. The SMILES string of the molecule is CC(C)[C@H](C[C@H](O)[C@H](C)NC(=O)OC(C)(C)C)C(=O)NN. The number of hydrazine groups is 1. The number of alkyl carbamates (subject to hydrolysis) is 1. The summed E-state index contributed by atoms with van der Waals surface area (Å²) in [5.41, 5.74) is 1.50. The topological polar surface area (TPSA) is 114 Å². The molecule has 0 aliphatic heterocycles. The molecule has 0 rings (SSSR count). The molecule has 0 aromatic heterocycles. The van der Waals surface area contributed by atoms with Gasteiger partial charge in [0.05, 0.1) is 12.1 Å². The van der Waals surface area contributed by atoms with Gasteiger partial charge in [-0.2, -0.15) is 0 Å². The molecule has 0 bridgehead atoms. The second kappa shape index (κ2) is 8.19. The lowest BCUT2D eigenvalue weighted by molar-refractivity contribution is -0.127. The summed E-state index contributed by atoms with van der Waals surface area (Å²) in [5, 5.41) is 12.7. The number of ether oxygens (including phenoxy) is 1. The summed E-state index contributed by atoms with van der Waals surface area (Å²) >= 11 is 0. The maximum absolute atomic E-state index is 11.7. The number of aliphatic hydroxyl groups excluding tert-OH is 1. The first-order chi connectivity index (χ1) is 9.47. The highest BCUT2D eigenvalue weighted by Gasteiger charge is 2.28. The van der Waals surface area contributed by atoms with Crippen molar-refractivity contribution in [2.45, 2.75) is 65.7 Å². The molecule has 7 heteroatoms. The molecule has 3 atom stereocenters. The van der Waals surface area contributed by atoms with Crippen LogP contribution >= 0.6 is 0 Å². The molecule has 0 radical (unpaired) electrons. The van der Waals surface area contributed by atoms with Crippen molar-refractivity contribution in [2.24, 2.45) is 17.7 Å². The van der Waals surface area contributed by atoms with E-state index in [1.807, 2.05) is 13.8 Å². The van der Waals surface area contributed by atoms with E-state index < -0.39 is 29.8 Å². The Morgan fingerprint density at radius 2 is 1.76 bits per heavy atom. The Labute approximate surface area is 126 Å². The average Bonchev–Trinajstić information content (AvgIpc) is 2.31. The van der Waals surface area contributed by atoms with Gasteiger partial charge in [-0.15, -0.1) is 0 Å². The van der Waals surface area contributed by atoms with E-state index in [2.05, 4.69) is 10.7 Å². The van der Waals surface area contributed by atoms with E-state index in [9.17, 15) is 14.7 Å². The van der Waals surface area contributed by atoms with E-state index >= 15 is 0 Å². The van der Waals surface area contributed by atoms with Gasteiger partial charge in [0.15, 0.2) is 0 Å². The van der Waals surface area contributed by atoms with Crippen LogP contribution in [0.4, 0.5) is 4.79 Å². The van der Waals surface area contributed by atoms with Crippen LogP contribution in [0, 0.1) is 11.8 Å². The van der Waals surface area contributed by atoms with Crippen molar-refractivity contribution in [3.63, 3.8) is 0 Å². The molecule has 0 aliphatic rings. The highest BCUT2D eigenvalue weighted by Crippen LogP contribution is 2.19. The minimum absolute atomic E-state index is 0.0249. The zero-order valence-electron chi connectivity index (χ0n) is 13.8. The summed E-state index contributed by atoms with van der Waals surface area (Å²) in [5.74, 6) is 4.42. The van der Waals surface area contributed by atoms with Gasteiger partial charge in [0, 0.05) is 5.92 Å². The summed E-state index contributed by atoms with van der Waals surface area (Å²) in [6.07, 6.45) is -1.27. The minimum atomic E-state index is -0.873. The van der Waals surface area contributed by atoms with Crippen molar-refractivity contribution in [1.29, 1.82) is 0 Å². The molecule has 0 aromatic carbocycles. The molecule has 0 saturated carbocycles. The number of hydrogen-bond donors (Lipinski definition) is 4. The van der Waals surface area contributed by atoms with Crippen molar-refractivity contribution in [2.75, 3.05) is 0 Å². The van der Waals surface area contributed by atoms with Gasteiger partial charge in [0.2, 0.25) is 5.91 Å². The number of nitrogens with two attached hydrogens (primary N) is 1. The largest absolute Gasteiger partial charge is 0.444 e. The van der Waals surface area contributed by atoms with Crippen molar-refractivity contribution in [3.8, 4) is 0 Å². The zero-order chi connectivity index (χ0) is 16.8. The normalized spacial score (nSPS) is 16.0. The Kier molecular flexibility index (Phi) is 7.67. The van der Waals surface area contributed by atoms with E-state index in [1.165, 1.54) is 0 Å². The van der Waals surface area contributed by atoms with E-state index in [4.69, 9.17) is 10.6 Å². The van der Waals surface area contributed by atoms with Gasteiger partial charge < -0.3 is 15.2 Å². The van der Waals surface area contributed by atoms with Crippen LogP contribution in [-0.4, -0.2) is 34.9 Å². The van der Waals surface area contributed by atoms with Crippen LogP contribution in [0.3, 0.4) is 0 Å². The molecular weight excluding hydrogens is 274 g/mol. The van der Waals surface area contributed by atoms with E-state index in [-0.39, 0.29) is 18.2 Å². The summed E-state index contributed by atoms with van der Waals surface area (Å²) in [6, 6.07) is -0.535. The van der Waals surface area contributed by atoms with Crippen molar-refractivity contribution < 1.29 is 19.4 Å². The number of aliphatic hydroxyl groups is 1. The number of rotatable bonds is 6. The quantitative estimate of drug-likeness (QED) is 0.331. The summed E-state index contributed by atoms with van der Waals surface area (Å²) < 4.78 is 5.12. The Morgan fingerprint density at radius 1 is 1.24 bits per heavy atom. The van der Waals surface area contributed by atoms with Gasteiger partial charge in [-0.25, -0.2) is 10.6 Å². The number of nitrogens with one attached hydrogen (secondary N) is 2. The highest BCUT2D eigenvalue weighted by atomic mass is 16.6. The number of carbonyl (C=O) groups is 2. The minimum Gasteiger partial charge on any atom is -0.444 e. The van der Waals surface area contributed by atoms with Crippen LogP contribution in [0.25, 0.3) is 0 Å². The van der Waals surface area contributed by atoms with Gasteiger partial charge in [0.1, 0.15) is 5.60 Å². The van der Waals surface area contributed by atoms with E-state index in [0.717, 1.165) is 0 Å². The predicted molar refractivity (Wildman–Crippen MR) is 80.1 cm³/mol. The third kappa shape index (κ3) is 7.87. The van der Waals surface area contributed by atoms with Gasteiger partial charge in [-0.3, -0.25) is 10.2 Å². The second-order valence-electron chi connectivity index (χ2n) is 6.60. The van der Waals surface area contributed by atoms with E-state index in [0.29, 0.717) is 0 Å². The molecule has 0 unspecified atom stereocenters. The Hall–Kier alpha value is -1.34. The fourth-order valence-electron chi connectivity index (χ4n) is 1.84. The van der Waals surface area contributed by atoms with Crippen LogP contribution in [0.15, 0.2) is 0 Å². The molecular formula is C14H29N3O4. The van der Waals surface area contributed by atoms with Crippen molar-refractivity contribution in [3.05, 3.63) is 0 Å². The second-order valence-corrected chi connectivity index (χ2v) is 6.60. The Bertz CT molecular complexity index is 353. The van der Waals surface area contributed by atoms with Gasteiger partial charge in [-0.1, -0.05) is 13.8 Å². The van der Waals surface area contributed by atoms with E-state index in [1.54, 1.807) is 27.7 Å². The number of carbonyl (C=O) groups excluding carboxylic acids is 2. The highest BCUT2D eigenvalue weighted by molar-refractivity contribution is 5.78. The molecule has 0 heterocycles. The summed E-state index contributed by atoms with van der Waals surface area (Å²) in [7, 11) is 0. The maximum atomic E-state index is 11.7. The molecule has 124 valence electrons. The Balaban J connectivity index is 4.52. The fourth-order valence-corrected chi connectivity index (χ4v) is 1.84. The van der Waals surface area contributed by atoms with Crippen molar-refractivity contribution >= 4 is 12.0 Å². The summed E-state index contributed by atoms with van der Waals surface area (Å²) in [4.78, 5) is 23.3. The standard InChI is InChI=1S/C14H29N3O4/c1-8(2)10(12(19)17-15)7-11(18)9(3)16-13(20)21-14(4,5)6/h8-11,18H,7,15H2,1-6H3,(H,16,20)(H,17,19)/t9-,10-,11-/m0/s1. The lowest BCUT2D eigenvalue weighted by atomic mass is 9.88. The van der Waals surface area contributed by atoms with Crippen molar-refractivity contribution in [1.82, 2.24) is 10.7 Å². The van der Waals surface area contributed by atoms with Crippen LogP contribution in [0.1, 0.15) is 48.0 Å². The smallest absolute Gasteiger partial charge is 0.407 e. The summed E-state index contributed by atoms with van der Waals surface area (Å²) in [6.45, 7) is 10.7. The third-order valence-corrected chi connectivity index (χ3v) is 3.10. The number of hydrogen-bond acceptors (Lipinski definition) is 5. The van der Waals surface area contributed by atoms with Gasteiger partial charge in [0.25, 0.3) is 0 Å². The van der Waals surface area contributed by atoms with Crippen LogP contribution in [0.2, 0.25) is 0 Å². The first-order valence-corrected chi connectivity index (χ1v) is 7.16. The molecule has 7 nitrogen and oxygen atoms in total. The lowest BCUT2D eigenvalue weighted by Crippen LogP contribution is -2.46. The molecule has 0 spiro atoms. The fraction of sp³-hybridized carbons (Fsp3) is 0.857. The third-order valence-electron chi connectivity index (χ3n) is 3.10. The number of amides is 2. The van der Waals surface area contributed by atoms with Gasteiger partial charge in [-0.05, 0) is 40.0 Å². The first-order valence-electron chi connectivity index (χ1n) is 7.16. The molecule has 0 saturated heterocycles. The molecule has 0 fully saturated rings. The molecule has 0 aromatic rings. The average molecular weight is 303 g/mol. The first kappa shape index (κ1) is 19.7. The van der Waals surface area contributed by atoms with Crippen LogP contribution in [0.5, 0.6) is 0 Å². The molecule has 21 heavy (non-hydrogen) atoms. The lowest BCUT2D eigenvalue weighted by Gasteiger charge is -2.27. The monoisotopic (exact) mass is 303 g/mol. The maximum Gasteiger partial charge on any atom is 0.407 e. The predicted octanol–water partition coefficient (Wildman–Crippen LogP) is 0.913. The molecule has 0 aliphatic carbocycles. The van der Waals surface area contributed by atoms with Crippen LogP contribution in [-0.2, 0) is 9.53 Å². The van der Waals surface area contributed by atoms with Gasteiger partial charge >= 0.3 is 6.09 Å². The zero-order valence-corrected chi connectivity index (χ0v) is 13.8.